The lowest BCUT2D eigenvalue weighted by Gasteiger charge is -2.39. The number of rotatable bonds is 4. The highest BCUT2D eigenvalue weighted by atomic mass is 35.5. The predicted octanol–water partition coefficient (Wildman–Crippen LogP) is 5.05. The first-order valence-corrected chi connectivity index (χ1v) is 10.4. The number of hydrogen-bond donors (Lipinski definition) is 2. The van der Waals surface area contributed by atoms with Gasteiger partial charge < -0.3 is 10.6 Å². The first-order chi connectivity index (χ1) is 13.5. The second kappa shape index (κ2) is 9.31. The fourth-order valence-corrected chi connectivity index (χ4v) is 4.47. The van der Waals surface area contributed by atoms with Crippen LogP contribution in [-0.2, 0) is 12.8 Å². The quantitative estimate of drug-likeness (QED) is 0.519. The highest BCUT2D eigenvalue weighted by Crippen LogP contribution is 2.37. The van der Waals surface area contributed by atoms with Gasteiger partial charge in [-0.05, 0) is 62.3 Å². The van der Waals surface area contributed by atoms with Gasteiger partial charge in [-0.25, -0.2) is 9.37 Å². The number of nitrogens with one attached hydrogen (secondary N) is 2. The maximum atomic E-state index is 15.5. The van der Waals surface area contributed by atoms with Crippen LogP contribution < -0.4 is 10.6 Å². The zero-order valence-electron chi connectivity index (χ0n) is 16.2. The van der Waals surface area contributed by atoms with Crippen LogP contribution in [0.3, 0.4) is 0 Å². The molecule has 4 nitrogen and oxygen atoms in total. The summed E-state index contributed by atoms with van der Waals surface area (Å²) in [6.07, 6.45) is 5.43. The topological polar surface area (TPSA) is 54.0 Å². The van der Waals surface area contributed by atoms with Crippen molar-refractivity contribution in [3.05, 3.63) is 59.3 Å². The number of alkyl halides is 2. The molecule has 7 heteroatoms. The second-order valence-electron chi connectivity index (χ2n) is 7.78. The van der Waals surface area contributed by atoms with E-state index in [1.807, 2.05) is 30.3 Å². The van der Waals surface area contributed by atoms with Gasteiger partial charge in [-0.1, -0.05) is 24.3 Å². The molecule has 1 aromatic heterocycles. The average molecular weight is 438 g/mol. The van der Waals surface area contributed by atoms with Gasteiger partial charge >= 0.3 is 0 Å². The molecule has 0 bridgehead atoms. The number of fused-ring (bicyclic) bond motifs is 1. The molecule has 29 heavy (non-hydrogen) atoms. The lowest BCUT2D eigenvalue weighted by Crippen LogP contribution is -2.52. The van der Waals surface area contributed by atoms with Crippen molar-refractivity contribution in [2.24, 2.45) is 0 Å². The highest BCUT2D eigenvalue weighted by Gasteiger charge is 2.44. The standard InChI is InChI=1S/C22H25ClFN3O.ClH/c23-19-14-17(25-21(28)16-7-2-1-3-8-16)12-13-22(19,24)27-20-11-10-15-6-4-5-9-18(15)26-20;/h1-3,7-8,10-11,17,19H,4-6,9,12-14H2,(H,25,28)(H,26,27);1H. The third-order valence-electron chi connectivity index (χ3n) is 5.73. The van der Waals surface area contributed by atoms with Crippen molar-refractivity contribution in [3.8, 4) is 0 Å². The number of halogens is 3. The molecule has 2 N–H and O–H groups in total. The van der Waals surface area contributed by atoms with Crippen molar-refractivity contribution in [2.45, 2.75) is 62.2 Å². The van der Waals surface area contributed by atoms with Crippen molar-refractivity contribution >= 4 is 35.7 Å². The molecule has 2 aliphatic carbocycles. The van der Waals surface area contributed by atoms with Gasteiger partial charge in [0.15, 0.2) is 5.79 Å². The Morgan fingerprint density at radius 3 is 2.66 bits per heavy atom. The first-order valence-electron chi connectivity index (χ1n) is 9.99. The number of anilines is 1. The highest BCUT2D eigenvalue weighted by molar-refractivity contribution is 6.21. The maximum Gasteiger partial charge on any atom is 0.251 e. The zero-order chi connectivity index (χ0) is 19.6. The lowest BCUT2D eigenvalue weighted by molar-refractivity contribution is 0.0875. The van der Waals surface area contributed by atoms with E-state index in [-0.39, 0.29) is 30.8 Å². The summed E-state index contributed by atoms with van der Waals surface area (Å²) in [5.74, 6) is -1.34. The van der Waals surface area contributed by atoms with Gasteiger partial charge in [0.25, 0.3) is 5.91 Å². The summed E-state index contributed by atoms with van der Waals surface area (Å²) < 4.78 is 15.5. The van der Waals surface area contributed by atoms with E-state index in [9.17, 15) is 4.79 Å². The molecule has 1 amide bonds. The summed E-state index contributed by atoms with van der Waals surface area (Å²) >= 11 is 6.42. The minimum atomic E-state index is -1.73. The summed E-state index contributed by atoms with van der Waals surface area (Å²) in [5.41, 5.74) is 2.93. The number of carbonyl (C=O) groups is 1. The zero-order valence-corrected chi connectivity index (χ0v) is 17.7. The molecule has 1 fully saturated rings. The minimum Gasteiger partial charge on any atom is -0.349 e. The van der Waals surface area contributed by atoms with Crippen LogP contribution in [0.15, 0.2) is 42.5 Å². The van der Waals surface area contributed by atoms with Crippen molar-refractivity contribution in [2.75, 3.05) is 5.32 Å². The average Bonchev–Trinajstić information content (AvgIpc) is 2.71. The SMILES string of the molecule is Cl.O=C(NC1CCC(F)(Nc2ccc3c(n2)CCCC3)C(Cl)C1)c1ccccc1. The molecule has 4 rings (SSSR count). The number of carbonyl (C=O) groups excluding carboxylic acids is 1. The van der Waals surface area contributed by atoms with Gasteiger partial charge in [-0.3, -0.25) is 4.79 Å². The Bertz CT molecular complexity index is 851. The molecule has 3 unspecified atom stereocenters. The van der Waals surface area contributed by atoms with Gasteiger partial charge in [0, 0.05) is 23.7 Å². The van der Waals surface area contributed by atoms with Crippen LogP contribution in [0.4, 0.5) is 10.2 Å². The van der Waals surface area contributed by atoms with E-state index in [0.29, 0.717) is 24.2 Å². The first kappa shape index (κ1) is 21.8. The maximum absolute atomic E-state index is 15.5. The molecule has 0 saturated heterocycles. The van der Waals surface area contributed by atoms with E-state index in [4.69, 9.17) is 11.6 Å². The molecule has 0 radical (unpaired) electrons. The van der Waals surface area contributed by atoms with E-state index in [1.165, 1.54) is 12.0 Å². The fourth-order valence-electron chi connectivity index (χ4n) is 4.09. The van der Waals surface area contributed by atoms with Crippen molar-refractivity contribution in [3.63, 3.8) is 0 Å². The number of pyridine rings is 1. The molecule has 3 atom stereocenters. The van der Waals surface area contributed by atoms with Crippen LogP contribution >= 0.6 is 24.0 Å². The third-order valence-corrected chi connectivity index (χ3v) is 6.25. The predicted molar refractivity (Wildman–Crippen MR) is 117 cm³/mol. The van der Waals surface area contributed by atoms with Crippen LogP contribution in [0.25, 0.3) is 0 Å². The molecular weight excluding hydrogens is 412 g/mol. The number of nitrogens with zero attached hydrogens (tertiary/aromatic N) is 1. The molecule has 2 aliphatic rings. The Hall–Kier alpha value is -1.85. The summed E-state index contributed by atoms with van der Waals surface area (Å²) in [6, 6.07) is 12.8. The summed E-state index contributed by atoms with van der Waals surface area (Å²) in [6.45, 7) is 0. The van der Waals surface area contributed by atoms with Crippen LogP contribution in [0.2, 0.25) is 0 Å². The van der Waals surface area contributed by atoms with E-state index in [2.05, 4.69) is 15.6 Å². The summed E-state index contributed by atoms with van der Waals surface area (Å²) in [5, 5.41) is 5.17. The number of amides is 1. The summed E-state index contributed by atoms with van der Waals surface area (Å²) in [7, 11) is 0. The Kier molecular flexibility index (Phi) is 7.01. The molecule has 1 saturated carbocycles. The Balaban J connectivity index is 0.00000240. The smallest absolute Gasteiger partial charge is 0.251 e. The number of aryl methyl sites for hydroxylation is 2. The van der Waals surface area contributed by atoms with Crippen molar-refractivity contribution < 1.29 is 9.18 Å². The van der Waals surface area contributed by atoms with Gasteiger partial charge in [0.05, 0.1) is 5.38 Å². The van der Waals surface area contributed by atoms with Gasteiger partial charge in [-0.15, -0.1) is 24.0 Å². The minimum absolute atomic E-state index is 0. The van der Waals surface area contributed by atoms with Crippen LogP contribution in [-0.4, -0.2) is 28.1 Å². The molecule has 2 aromatic rings. The number of hydrogen-bond acceptors (Lipinski definition) is 3. The molecule has 0 aliphatic heterocycles. The summed E-state index contributed by atoms with van der Waals surface area (Å²) in [4.78, 5) is 16.9. The normalized spacial score (nSPS) is 26.0. The molecule has 1 heterocycles. The molecule has 0 spiro atoms. The van der Waals surface area contributed by atoms with Crippen LogP contribution in [0.5, 0.6) is 0 Å². The Labute approximate surface area is 182 Å². The molecule has 1 aromatic carbocycles. The molecule has 156 valence electrons. The monoisotopic (exact) mass is 437 g/mol. The third kappa shape index (κ3) is 5.01. The van der Waals surface area contributed by atoms with Crippen LogP contribution in [0, 0.1) is 0 Å². The Morgan fingerprint density at radius 1 is 1.14 bits per heavy atom. The number of benzene rings is 1. The van der Waals surface area contributed by atoms with E-state index >= 15 is 4.39 Å². The molecular formula is C22H26Cl2FN3O. The second-order valence-corrected chi connectivity index (χ2v) is 8.30. The van der Waals surface area contributed by atoms with Gasteiger partial charge in [0.1, 0.15) is 5.82 Å². The van der Waals surface area contributed by atoms with Crippen LogP contribution in [0.1, 0.15) is 53.7 Å². The van der Waals surface area contributed by atoms with E-state index in [0.717, 1.165) is 25.0 Å². The van der Waals surface area contributed by atoms with Gasteiger partial charge in [0.2, 0.25) is 0 Å². The van der Waals surface area contributed by atoms with E-state index in [1.54, 1.807) is 12.1 Å². The number of aromatic nitrogens is 1. The van der Waals surface area contributed by atoms with Gasteiger partial charge in [-0.2, -0.15) is 0 Å². The van der Waals surface area contributed by atoms with Crippen molar-refractivity contribution in [1.29, 1.82) is 0 Å². The lowest BCUT2D eigenvalue weighted by atomic mass is 9.88. The Morgan fingerprint density at radius 2 is 1.90 bits per heavy atom. The largest absolute Gasteiger partial charge is 0.349 e. The van der Waals surface area contributed by atoms with Crippen molar-refractivity contribution in [1.82, 2.24) is 10.3 Å². The fraction of sp³-hybridized carbons (Fsp3) is 0.455. The van der Waals surface area contributed by atoms with E-state index < -0.39 is 11.2 Å².